The van der Waals surface area contributed by atoms with Crippen LogP contribution in [-0.2, 0) is 17.8 Å². The van der Waals surface area contributed by atoms with Crippen LogP contribution in [0.2, 0.25) is 0 Å². The number of carbonyl (C=O) groups is 1. The Morgan fingerprint density at radius 1 is 1.55 bits per heavy atom. The molecule has 0 aromatic carbocycles. The molecule has 1 aliphatic rings. The number of aryl methyl sites for hydroxylation is 2. The lowest BCUT2D eigenvalue weighted by molar-refractivity contribution is -0.144. The van der Waals surface area contributed by atoms with Crippen LogP contribution in [0.4, 0.5) is 0 Å². The fraction of sp³-hybridized carbons (Fsp3) is 0.429. The number of thiophene rings is 1. The summed E-state index contributed by atoms with van der Waals surface area (Å²) in [5.74, 6) is -0.761. The maximum absolute atomic E-state index is 11.7. The van der Waals surface area contributed by atoms with Crippen LogP contribution >= 0.6 is 22.7 Å². The minimum atomic E-state index is -0.761. The van der Waals surface area contributed by atoms with Gasteiger partial charge in [-0.2, -0.15) is 0 Å². The average Bonchev–Trinajstić information content (AvgIpc) is 2.95. The number of hydrogen-bond donors (Lipinski definition) is 1. The van der Waals surface area contributed by atoms with Crippen LogP contribution in [0, 0.1) is 13.8 Å². The van der Waals surface area contributed by atoms with Crippen LogP contribution in [0.25, 0.3) is 0 Å². The molecule has 0 saturated heterocycles. The number of carboxylic acid groups (broad SMARTS) is 1. The summed E-state index contributed by atoms with van der Waals surface area (Å²) in [6.07, 6.45) is 0.938. The van der Waals surface area contributed by atoms with Gasteiger partial charge in [-0.1, -0.05) is 0 Å². The van der Waals surface area contributed by atoms with Crippen molar-refractivity contribution in [3.8, 4) is 0 Å². The zero-order valence-electron chi connectivity index (χ0n) is 11.4. The molecule has 106 valence electrons. The van der Waals surface area contributed by atoms with E-state index in [9.17, 15) is 9.90 Å². The van der Waals surface area contributed by atoms with E-state index in [-0.39, 0.29) is 0 Å². The summed E-state index contributed by atoms with van der Waals surface area (Å²) in [4.78, 5) is 20.5. The van der Waals surface area contributed by atoms with Crippen LogP contribution in [0.3, 0.4) is 0 Å². The molecule has 3 heterocycles. The maximum atomic E-state index is 11.7. The Kier molecular flexibility index (Phi) is 3.62. The fourth-order valence-electron chi connectivity index (χ4n) is 2.73. The van der Waals surface area contributed by atoms with Gasteiger partial charge in [0.2, 0.25) is 0 Å². The summed E-state index contributed by atoms with van der Waals surface area (Å²) in [5.41, 5.74) is 1.99. The quantitative estimate of drug-likeness (QED) is 0.947. The van der Waals surface area contributed by atoms with Gasteiger partial charge in [0.25, 0.3) is 0 Å². The highest BCUT2D eigenvalue weighted by Gasteiger charge is 2.34. The zero-order chi connectivity index (χ0) is 14.3. The average molecular weight is 308 g/mol. The third kappa shape index (κ3) is 2.39. The number of aromatic nitrogens is 1. The molecule has 2 aromatic heterocycles. The summed E-state index contributed by atoms with van der Waals surface area (Å²) in [6.45, 7) is 5.45. The van der Waals surface area contributed by atoms with Gasteiger partial charge in [0.1, 0.15) is 6.04 Å². The minimum absolute atomic E-state index is 0.521. The van der Waals surface area contributed by atoms with Gasteiger partial charge >= 0.3 is 5.97 Å². The van der Waals surface area contributed by atoms with E-state index >= 15 is 0 Å². The highest BCUT2D eigenvalue weighted by Crippen LogP contribution is 2.35. The van der Waals surface area contributed by atoms with Crippen molar-refractivity contribution in [3.05, 3.63) is 37.5 Å². The van der Waals surface area contributed by atoms with E-state index in [4.69, 9.17) is 0 Å². The molecule has 4 nitrogen and oxygen atoms in total. The summed E-state index contributed by atoms with van der Waals surface area (Å²) in [7, 11) is 0. The van der Waals surface area contributed by atoms with Crippen LogP contribution in [0.5, 0.6) is 0 Å². The van der Waals surface area contributed by atoms with Crippen molar-refractivity contribution in [2.75, 3.05) is 6.54 Å². The van der Waals surface area contributed by atoms with Gasteiger partial charge in [0, 0.05) is 22.8 Å². The normalized spacial score (nSPS) is 19.0. The third-order valence-electron chi connectivity index (χ3n) is 3.65. The Balaban J connectivity index is 1.90. The maximum Gasteiger partial charge on any atom is 0.325 e. The van der Waals surface area contributed by atoms with Crippen molar-refractivity contribution in [3.63, 3.8) is 0 Å². The van der Waals surface area contributed by atoms with E-state index in [2.05, 4.69) is 9.88 Å². The van der Waals surface area contributed by atoms with Crippen LogP contribution < -0.4 is 0 Å². The molecule has 0 aliphatic carbocycles. The molecule has 0 saturated carbocycles. The lowest BCUT2D eigenvalue weighted by Gasteiger charge is -2.32. The molecule has 0 bridgehead atoms. The second kappa shape index (κ2) is 5.27. The number of thiazole rings is 1. The van der Waals surface area contributed by atoms with Gasteiger partial charge in [-0.3, -0.25) is 9.69 Å². The van der Waals surface area contributed by atoms with E-state index < -0.39 is 12.0 Å². The summed E-state index contributed by atoms with van der Waals surface area (Å²) < 4.78 is 0. The predicted molar refractivity (Wildman–Crippen MR) is 80.4 cm³/mol. The number of aliphatic carboxylic acids is 1. The van der Waals surface area contributed by atoms with E-state index in [1.54, 1.807) is 22.7 Å². The molecule has 0 radical (unpaired) electrons. The fourth-order valence-corrected chi connectivity index (χ4v) is 4.60. The molecular weight excluding hydrogens is 292 g/mol. The van der Waals surface area contributed by atoms with Crippen molar-refractivity contribution in [1.82, 2.24) is 9.88 Å². The molecule has 0 fully saturated rings. The Hall–Kier alpha value is -1.24. The second-order valence-corrected chi connectivity index (χ2v) is 7.29. The van der Waals surface area contributed by atoms with Gasteiger partial charge in [0.05, 0.1) is 10.7 Å². The second-order valence-electron chi connectivity index (χ2n) is 5.00. The first-order chi connectivity index (χ1) is 9.56. The highest BCUT2D eigenvalue weighted by molar-refractivity contribution is 7.11. The predicted octanol–water partition coefficient (Wildman–Crippen LogP) is 3.01. The molecule has 1 N–H and O–H groups in total. The SMILES string of the molecule is Cc1nc(C)c(CN2CCc3sccc3C2C(=O)O)s1. The van der Waals surface area contributed by atoms with Crippen molar-refractivity contribution in [2.45, 2.75) is 32.9 Å². The van der Waals surface area contributed by atoms with Crippen molar-refractivity contribution >= 4 is 28.6 Å². The molecule has 0 amide bonds. The number of rotatable bonds is 3. The number of carboxylic acids is 1. The smallest absolute Gasteiger partial charge is 0.325 e. The Labute approximate surface area is 125 Å². The largest absolute Gasteiger partial charge is 0.480 e. The topological polar surface area (TPSA) is 53.4 Å². The third-order valence-corrected chi connectivity index (χ3v) is 5.70. The first kappa shape index (κ1) is 13.7. The molecule has 1 atom stereocenters. The van der Waals surface area contributed by atoms with Crippen molar-refractivity contribution in [1.29, 1.82) is 0 Å². The first-order valence-corrected chi connectivity index (χ1v) is 8.22. The van der Waals surface area contributed by atoms with E-state index in [0.717, 1.165) is 29.2 Å². The molecule has 20 heavy (non-hydrogen) atoms. The van der Waals surface area contributed by atoms with Gasteiger partial charge in [-0.05, 0) is 37.3 Å². The molecular formula is C14H16N2O2S2. The minimum Gasteiger partial charge on any atom is -0.480 e. The van der Waals surface area contributed by atoms with Crippen LogP contribution in [0.15, 0.2) is 11.4 Å². The van der Waals surface area contributed by atoms with E-state index in [1.807, 2.05) is 25.3 Å². The number of fused-ring (bicyclic) bond motifs is 1. The first-order valence-electron chi connectivity index (χ1n) is 6.52. The monoisotopic (exact) mass is 308 g/mol. The Morgan fingerprint density at radius 2 is 2.35 bits per heavy atom. The van der Waals surface area contributed by atoms with Gasteiger partial charge in [-0.25, -0.2) is 4.98 Å². The number of nitrogens with zero attached hydrogens (tertiary/aromatic N) is 2. The standard InChI is InChI=1S/C14H16N2O2S2/c1-8-12(20-9(2)15-8)7-16-5-3-11-10(4-6-19-11)13(16)14(17)18/h4,6,13H,3,5,7H2,1-2H3,(H,17,18). The summed E-state index contributed by atoms with van der Waals surface area (Å²) >= 11 is 3.32. The molecule has 0 spiro atoms. The van der Waals surface area contributed by atoms with Crippen LogP contribution in [-0.4, -0.2) is 27.5 Å². The van der Waals surface area contributed by atoms with E-state index in [1.165, 1.54) is 9.75 Å². The molecule has 2 aromatic rings. The Bertz CT molecular complexity index is 647. The summed E-state index contributed by atoms with van der Waals surface area (Å²) in [5, 5.41) is 12.6. The molecule has 1 aliphatic heterocycles. The Morgan fingerprint density at radius 3 is 3.00 bits per heavy atom. The molecule has 3 rings (SSSR count). The molecule has 1 unspecified atom stereocenters. The van der Waals surface area contributed by atoms with Crippen molar-refractivity contribution in [2.24, 2.45) is 0 Å². The number of hydrogen-bond acceptors (Lipinski definition) is 5. The lowest BCUT2D eigenvalue weighted by atomic mass is 10.00. The van der Waals surface area contributed by atoms with Crippen molar-refractivity contribution < 1.29 is 9.90 Å². The lowest BCUT2D eigenvalue weighted by Crippen LogP contribution is -2.38. The highest BCUT2D eigenvalue weighted by atomic mass is 32.1. The zero-order valence-corrected chi connectivity index (χ0v) is 13.1. The molecule has 6 heteroatoms. The van der Waals surface area contributed by atoms with Gasteiger partial charge in [0.15, 0.2) is 0 Å². The summed E-state index contributed by atoms with van der Waals surface area (Å²) in [6, 6.07) is 1.43. The van der Waals surface area contributed by atoms with Crippen LogP contribution in [0.1, 0.15) is 32.1 Å². The van der Waals surface area contributed by atoms with Gasteiger partial charge < -0.3 is 5.11 Å². The van der Waals surface area contributed by atoms with Gasteiger partial charge in [-0.15, -0.1) is 22.7 Å². The van der Waals surface area contributed by atoms with E-state index in [0.29, 0.717) is 6.54 Å².